The molecule has 0 aliphatic rings. The number of benzene rings is 1. The molecule has 0 saturated carbocycles. The van der Waals surface area contributed by atoms with E-state index in [0.29, 0.717) is 10.4 Å². The number of nitrogens with zero attached hydrogens (tertiary/aromatic N) is 2. The molecular formula is C12H8N2O5S2. The fraction of sp³-hybridized carbons (Fsp3) is 0.0833. The molecule has 1 heterocycles. The third-order valence-corrected chi connectivity index (χ3v) is 4.03. The number of carboxylic acid groups (broad SMARTS) is 1. The number of carbonyl (C=O) groups is 1. The predicted molar refractivity (Wildman–Crippen MR) is 79.1 cm³/mol. The van der Waals surface area contributed by atoms with Crippen molar-refractivity contribution in [1.29, 1.82) is 0 Å². The lowest BCUT2D eigenvalue weighted by molar-refractivity contribution is -0.384. The first-order chi connectivity index (χ1) is 9.88. The van der Waals surface area contributed by atoms with E-state index in [1.807, 2.05) is 0 Å². The minimum absolute atomic E-state index is 0.0541. The van der Waals surface area contributed by atoms with Gasteiger partial charge in [0.25, 0.3) is 11.2 Å². The Hall–Kier alpha value is -2.39. The minimum atomic E-state index is -1.15. The molecule has 21 heavy (non-hydrogen) atoms. The first kappa shape index (κ1) is 15.0. The summed E-state index contributed by atoms with van der Waals surface area (Å²) in [5, 5.41) is 19.3. The average Bonchev–Trinajstić information content (AvgIpc) is 2.42. The van der Waals surface area contributed by atoms with Gasteiger partial charge >= 0.3 is 5.97 Å². The average molecular weight is 324 g/mol. The maximum Gasteiger partial charge on any atom is 0.323 e. The van der Waals surface area contributed by atoms with Gasteiger partial charge in [0.2, 0.25) is 0 Å². The summed E-state index contributed by atoms with van der Waals surface area (Å²) < 4.78 is 1.12. The van der Waals surface area contributed by atoms with E-state index >= 15 is 0 Å². The number of hydrogen-bond acceptors (Lipinski definition) is 6. The Labute approximate surface area is 126 Å². The van der Waals surface area contributed by atoms with Crippen LogP contribution in [0.3, 0.4) is 0 Å². The number of aliphatic carboxylic acids is 1. The fourth-order valence-electron chi connectivity index (χ4n) is 1.63. The van der Waals surface area contributed by atoms with E-state index in [2.05, 4.69) is 0 Å². The van der Waals surface area contributed by atoms with Crippen LogP contribution in [0.5, 0.6) is 0 Å². The monoisotopic (exact) mass is 324 g/mol. The van der Waals surface area contributed by atoms with Crippen molar-refractivity contribution < 1.29 is 14.8 Å². The largest absolute Gasteiger partial charge is 0.480 e. The van der Waals surface area contributed by atoms with Crippen molar-refractivity contribution in [2.75, 3.05) is 0 Å². The van der Waals surface area contributed by atoms with E-state index in [1.165, 1.54) is 30.3 Å². The zero-order valence-electron chi connectivity index (χ0n) is 10.4. The van der Waals surface area contributed by atoms with Crippen LogP contribution in [0.1, 0.15) is 0 Å². The number of non-ortho nitro benzene ring substituents is 1. The molecule has 0 amide bonds. The van der Waals surface area contributed by atoms with E-state index < -0.39 is 23.0 Å². The molecule has 0 aliphatic heterocycles. The van der Waals surface area contributed by atoms with Crippen LogP contribution in [0.4, 0.5) is 5.69 Å². The summed E-state index contributed by atoms with van der Waals surface area (Å²) in [5.74, 6) is -1.15. The van der Waals surface area contributed by atoms with Gasteiger partial charge in [-0.15, -0.1) is 11.3 Å². The van der Waals surface area contributed by atoms with Crippen molar-refractivity contribution in [3.8, 4) is 10.4 Å². The van der Waals surface area contributed by atoms with E-state index in [1.54, 1.807) is 0 Å². The summed E-state index contributed by atoms with van der Waals surface area (Å²) in [6, 6.07) is 6.95. The maximum absolute atomic E-state index is 11.9. The topological polar surface area (TPSA) is 102 Å². The van der Waals surface area contributed by atoms with Crippen LogP contribution in [-0.2, 0) is 11.3 Å². The SMILES string of the molecule is O=C(O)Cn1c(=O)cc(-c2ccc([N+](=O)[O-])cc2)sc1=S. The third kappa shape index (κ3) is 3.38. The minimum Gasteiger partial charge on any atom is -0.480 e. The molecule has 0 radical (unpaired) electrons. The van der Waals surface area contributed by atoms with Gasteiger partial charge in [0.15, 0.2) is 3.95 Å². The molecule has 0 aliphatic carbocycles. The molecule has 1 aromatic heterocycles. The van der Waals surface area contributed by atoms with Gasteiger partial charge in [0.1, 0.15) is 6.54 Å². The number of aromatic nitrogens is 1. The van der Waals surface area contributed by atoms with Crippen molar-refractivity contribution in [2.45, 2.75) is 6.54 Å². The van der Waals surface area contributed by atoms with Gasteiger partial charge in [-0.3, -0.25) is 24.3 Å². The van der Waals surface area contributed by atoms with Crippen molar-refractivity contribution in [2.24, 2.45) is 0 Å². The number of rotatable bonds is 4. The number of nitro benzene ring substituents is 1. The highest BCUT2D eigenvalue weighted by atomic mass is 32.1. The lowest BCUT2D eigenvalue weighted by atomic mass is 10.2. The molecule has 9 heteroatoms. The quantitative estimate of drug-likeness (QED) is 0.526. The number of carboxylic acids is 1. The molecule has 7 nitrogen and oxygen atoms in total. The lowest BCUT2D eigenvalue weighted by Gasteiger charge is -2.04. The molecule has 0 atom stereocenters. The second-order valence-corrected chi connectivity index (χ2v) is 5.67. The van der Waals surface area contributed by atoms with Gasteiger partial charge in [0, 0.05) is 23.1 Å². The van der Waals surface area contributed by atoms with Crippen LogP contribution in [0.25, 0.3) is 10.4 Å². The Morgan fingerprint density at radius 3 is 2.48 bits per heavy atom. The van der Waals surface area contributed by atoms with Crippen LogP contribution >= 0.6 is 23.6 Å². The lowest BCUT2D eigenvalue weighted by Crippen LogP contribution is -2.23. The van der Waals surface area contributed by atoms with E-state index in [-0.39, 0.29) is 9.64 Å². The molecule has 108 valence electrons. The molecule has 1 N–H and O–H groups in total. The third-order valence-electron chi connectivity index (χ3n) is 2.59. The number of hydrogen-bond donors (Lipinski definition) is 1. The second kappa shape index (κ2) is 5.94. The maximum atomic E-state index is 11.9. The first-order valence-corrected chi connectivity index (χ1v) is 6.82. The standard InChI is InChI=1S/C12H8N2O5S2/c15-10-5-9(21-12(20)13(10)6-11(16)17)7-1-3-8(4-2-7)14(18)19/h1-5H,6H2,(H,16,17). The zero-order valence-corrected chi connectivity index (χ0v) is 12.0. The van der Waals surface area contributed by atoms with Gasteiger partial charge in [-0.25, -0.2) is 0 Å². The Kier molecular flexibility index (Phi) is 4.24. The molecule has 2 rings (SSSR count). The summed E-state index contributed by atoms with van der Waals surface area (Å²) in [4.78, 5) is 33.1. The first-order valence-electron chi connectivity index (χ1n) is 5.60. The van der Waals surface area contributed by atoms with Crippen LogP contribution in [0.15, 0.2) is 35.1 Å². The van der Waals surface area contributed by atoms with Gasteiger partial charge in [-0.1, -0.05) is 0 Å². The summed E-state index contributed by atoms with van der Waals surface area (Å²) in [7, 11) is 0. The second-order valence-electron chi connectivity index (χ2n) is 4.00. The predicted octanol–water partition coefficient (Wildman–Crippen LogP) is 2.30. The van der Waals surface area contributed by atoms with Crippen LogP contribution in [-0.4, -0.2) is 20.6 Å². The molecule has 2 aromatic rings. The summed E-state index contributed by atoms with van der Waals surface area (Å²) in [6.45, 7) is -0.491. The van der Waals surface area contributed by atoms with Gasteiger partial charge in [-0.05, 0) is 29.9 Å². The van der Waals surface area contributed by atoms with Gasteiger partial charge in [0.05, 0.1) is 4.92 Å². The van der Waals surface area contributed by atoms with Crippen LogP contribution < -0.4 is 5.56 Å². The summed E-state index contributed by atoms with van der Waals surface area (Å²) in [5.41, 5.74) is 0.0346. The van der Waals surface area contributed by atoms with Crippen molar-refractivity contribution >= 4 is 35.2 Å². The Morgan fingerprint density at radius 1 is 1.38 bits per heavy atom. The van der Waals surface area contributed by atoms with Crippen molar-refractivity contribution in [3.05, 3.63) is 54.8 Å². The highest BCUT2D eigenvalue weighted by Gasteiger charge is 2.09. The van der Waals surface area contributed by atoms with Crippen LogP contribution in [0, 0.1) is 14.1 Å². The van der Waals surface area contributed by atoms with E-state index in [9.17, 15) is 19.7 Å². The molecular weight excluding hydrogens is 316 g/mol. The zero-order chi connectivity index (χ0) is 15.6. The fourth-order valence-corrected chi connectivity index (χ4v) is 2.92. The van der Waals surface area contributed by atoms with Gasteiger partial charge < -0.3 is 5.11 Å². The molecule has 0 bridgehead atoms. The van der Waals surface area contributed by atoms with Crippen molar-refractivity contribution in [3.63, 3.8) is 0 Å². The smallest absolute Gasteiger partial charge is 0.323 e. The van der Waals surface area contributed by atoms with Crippen molar-refractivity contribution in [1.82, 2.24) is 4.57 Å². The summed E-state index contributed by atoms with van der Waals surface area (Å²) in [6.07, 6.45) is 0. The summed E-state index contributed by atoms with van der Waals surface area (Å²) >= 11 is 6.09. The van der Waals surface area contributed by atoms with E-state index in [0.717, 1.165) is 15.9 Å². The Morgan fingerprint density at radius 2 is 2.00 bits per heavy atom. The highest BCUT2D eigenvalue weighted by molar-refractivity contribution is 7.73. The van der Waals surface area contributed by atoms with E-state index in [4.69, 9.17) is 17.3 Å². The highest BCUT2D eigenvalue weighted by Crippen LogP contribution is 2.25. The Balaban J connectivity index is 2.46. The molecule has 0 saturated heterocycles. The molecule has 0 spiro atoms. The molecule has 0 unspecified atom stereocenters. The number of nitro groups is 1. The normalized spacial score (nSPS) is 10.3. The molecule has 1 aromatic carbocycles. The molecule has 0 fully saturated rings. The Bertz CT molecular complexity index is 792. The van der Waals surface area contributed by atoms with Crippen LogP contribution in [0.2, 0.25) is 0 Å². The van der Waals surface area contributed by atoms with Gasteiger partial charge in [-0.2, -0.15) is 0 Å².